The van der Waals surface area contributed by atoms with Gasteiger partial charge in [-0.25, -0.2) is 0 Å². The predicted molar refractivity (Wildman–Crippen MR) is 91.6 cm³/mol. The molecule has 1 aliphatic rings. The molecule has 0 amide bonds. The van der Waals surface area contributed by atoms with Crippen molar-refractivity contribution in [3.8, 4) is 0 Å². The molecule has 1 nitrogen and oxygen atoms in total. The van der Waals surface area contributed by atoms with E-state index >= 15 is 0 Å². The van der Waals surface area contributed by atoms with Crippen molar-refractivity contribution in [1.82, 2.24) is 4.90 Å². The predicted octanol–water partition coefficient (Wildman–Crippen LogP) is 4.69. The molecule has 2 heteroatoms. The minimum Gasteiger partial charge on any atom is -0.299 e. The average molecular weight is 297 g/mol. The van der Waals surface area contributed by atoms with Crippen molar-refractivity contribution in [3.63, 3.8) is 0 Å². The Balaban J connectivity index is 1.41. The van der Waals surface area contributed by atoms with Crippen LogP contribution in [0.1, 0.15) is 18.4 Å². The minimum atomic E-state index is 0.877. The quantitative estimate of drug-likeness (QED) is 0.737. The van der Waals surface area contributed by atoms with Crippen LogP contribution in [0, 0.1) is 5.92 Å². The lowest BCUT2D eigenvalue weighted by molar-refractivity contribution is 0.187. The first-order valence-electron chi connectivity index (χ1n) is 7.84. The monoisotopic (exact) mass is 297 g/mol. The van der Waals surface area contributed by atoms with Crippen LogP contribution in [0.4, 0.5) is 0 Å². The van der Waals surface area contributed by atoms with Gasteiger partial charge in [-0.3, -0.25) is 4.90 Å². The van der Waals surface area contributed by atoms with E-state index in [0.29, 0.717) is 0 Å². The van der Waals surface area contributed by atoms with E-state index in [2.05, 4.69) is 65.6 Å². The van der Waals surface area contributed by atoms with Crippen LogP contribution in [0.15, 0.2) is 65.6 Å². The van der Waals surface area contributed by atoms with Gasteiger partial charge in [0, 0.05) is 17.2 Å². The molecule has 1 fully saturated rings. The highest BCUT2D eigenvalue weighted by Crippen LogP contribution is 2.26. The molecule has 110 valence electrons. The summed E-state index contributed by atoms with van der Waals surface area (Å²) in [5, 5.41) is 0. The summed E-state index contributed by atoms with van der Waals surface area (Å²) in [6.07, 6.45) is 2.68. The standard InChI is InChI=1S/C19H23NS/c1-3-7-17(8-4-1)15-20-13-11-18(12-14-20)16-21-19-9-5-2-6-10-19/h1-10,18H,11-16H2. The molecule has 0 unspecified atom stereocenters. The maximum absolute atomic E-state index is 2.60. The van der Waals surface area contributed by atoms with Gasteiger partial charge in [-0.05, 0) is 49.5 Å². The Kier molecular flexibility index (Phi) is 5.36. The van der Waals surface area contributed by atoms with E-state index in [1.54, 1.807) is 0 Å². The van der Waals surface area contributed by atoms with E-state index in [0.717, 1.165) is 12.5 Å². The lowest BCUT2D eigenvalue weighted by Crippen LogP contribution is -2.33. The smallest absolute Gasteiger partial charge is 0.0233 e. The first-order chi connectivity index (χ1) is 10.4. The second-order valence-corrected chi connectivity index (χ2v) is 6.92. The van der Waals surface area contributed by atoms with Gasteiger partial charge in [0.05, 0.1) is 0 Å². The molecule has 21 heavy (non-hydrogen) atoms. The molecule has 0 bridgehead atoms. The van der Waals surface area contributed by atoms with Crippen molar-refractivity contribution in [2.45, 2.75) is 24.3 Å². The molecule has 0 aromatic heterocycles. The summed E-state index contributed by atoms with van der Waals surface area (Å²) in [4.78, 5) is 4.00. The zero-order valence-corrected chi connectivity index (χ0v) is 13.3. The fourth-order valence-electron chi connectivity index (χ4n) is 2.88. The van der Waals surface area contributed by atoms with Crippen molar-refractivity contribution in [2.75, 3.05) is 18.8 Å². The molecule has 0 spiro atoms. The van der Waals surface area contributed by atoms with Gasteiger partial charge in [-0.1, -0.05) is 48.5 Å². The van der Waals surface area contributed by atoms with E-state index in [4.69, 9.17) is 0 Å². The molecule has 1 heterocycles. The zero-order chi connectivity index (χ0) is 14.3. The molecule has 2 aromatic carbocycles. The van der Waals surface area contributed by atoms with Crippen LogP contribution < -0.4 is 0 Å². The number of piperidine rings is 1. The summed E-state index contributed by atoms with van der Waals surface area (Å²) in [6, 6.07) is 21.6. The van der Waals surface area contributed by atoms with Crippen molar-refractivity contribution in [1.29, 1.82) is 0 Å². The Labute approximate surface area is 132 Å². The van der Waals surface area contributed by atoms with Gasteiger partial charge in [0.15, 0.2) is 0 Å². The summed E-state index contributed by atoms with van der Waals surface area (Å²) in [5.74, 6) is 2.14. The fraction of sp³-hybridized carbons (Fsp3) is 0.368. The van der Waals surface area contributed by atoms with Gasteiger partial charge in [-0.2, -0.15) is 0 Å². The molecule has 1 aliphatic heterocycles. The molecule has 0 saturated carbocycles. The number of likely N-dealkylation sites (tertiary alicyclic amines) is 1. The third-order valence-electron chi connectivity index (χ3n) is 4.19. The highest BCUT2D eigenvalue weighted by Gasteiger charge is 2.19. The molecule has 3 rings (SSSR count). The summed E-state index contributed by atoms with van der Waals surface area (Å²) in [7, 11) is 0. The Bertz CT molecular complexity index is 518. The summed E-state index contributed by atoms with van der Waals surface area (Å²) >= 11 is 2.01. The number of hydrogen-bond donors (Lipinski definition) is 0. The van der Waals surface area contributed by atoms with Gasteiger partial charge in [0.1, 0.15) is 0 Å². The van der Waals surface area contributed by atoms with Crippen molar-refractivity contribution in [3.05, 3.63) is 66.2 Å². The Morgan fingerprint density at radius 3 is 2.14 bits per heavy atom. The molecule has 1 saturated heterocycles. The van der Waals surface area contributed by atoms with Crippen molar-refractivity contribution >= 4 is 11.8 Å². The van der Waals surface area contributed by atoms with E-state index < -0.39 is 0 Å². The highest BCUT2D eigenvalue weighted by atomic mass is 32.2. The number of benzene rings is 2. The topological polar surface area (TPSA) is 3.24 Å². The summed E-state index contributed by atoms with van der Waals surface area (Å²) in [5.41, 5.74) is 1.44. The zero-order valence-electron chi connectivity index (χ0n) is 12.4. The van der Waals surface area contributed by atoms with Crippen LogP contribution >= 0.6 is 11.8 Å². The van der Waals surface area contributed by atoms with Gasteiger partial charge in [0.2, 0.25) is 0 Å². The number of nitrogens with zero attached hydrogens (tertiary/aromatic N) is 1. The Morgan fingerprint density at radius 1 is 0.857 bits per heavy atom. The molecule has 0 N–H and O–H groups in total. The maximum atomic E-state index is 2.60. The molecule has 0 atom stereocenters. The molecule has 2 aromatic rings. The largest absolute Gasteiger partial charge is 0.299 e. The Morgan fingerprint density at radius 2 is 1.48 bits per heavy atom. The first kappa shape index (κ1) is 14.7. The molecular weight excluding hydrogens is 274 g/mol. The first-order valence-corrected chi connectivity index (χ1v) is 8.83. The second kappa shape index (κ2) is 7.67. The maximum Gasteiger partial charge on any atom is 0.0233 e. The summed E-state index contributed by atoms with van der Waals surface area (Å²) in [6.45, 7) is 3.60. The Hall–Kier alpha value is -1.25. The highest BCUT2D eigenvalue weighted by molar-refractivity contribution is 7.99. The third kappa shape index (κ3) is 4.62. The van der Waals surface area contributed by atoms with Crippen molar-refractivity contribution < 1.29 is 0 Å². The fourth-order valence-corrected chi connectivity index (χ4v) is 3.99. The van der Waals surface area contributed by atoms with E-state index in [-0.39, 0.29) is 0 Å². The SMILES string of the molecule is c1ccc(CN2CCC(CSc3ccccc3)CC2)cc1. The van der Waals surface area contributed by atoms with E-state index in [1.165, 1.54) is 42.1 Å². The third-order valence-corrected chi connectivity index (χ3v) is 5.43. The van der Waals surface area contributed by atoms with Crippen molar-refractivity contribution in [2.24, 2.45) is 5.92 Å². The van der Waals surface area contributed by atoms with Crippen LogP contribution in [-0.4, -0.2) is 23.7 Å². The van der Waals surface area contributed by atoms with Crippen LogP contribution in [0.5, 0.6) is 0 Å². The summed E-state index contributed by atoms with van der Waals surface area (Å²) < 4.78 is 0. The average Bonchev–Trinajstić information content (AvgIpc) is 2.56. The van der Waals surface area contributed by atoms with Gasteiger partial charge >= 0.3 is 0 Å². The lowest BCUT2D eigenvalue weighted by Gasteiger charge is -2.31. The lowest BCUT2D eigenvalue weighted by atomic mass is 9.98. The minimum absolute atomic E-state index is 0.877. The number of thioether (sulfide) groups is 1. The number of hydrogen-bond acceptors (Lipinski definition) is 2. The second-order valence-electron chi connectivity index (χ2n) is 5.83. The van der Waals surface area contributed by atoms with Gasteiger partial charge in [-0.15, -0.1) is 11.8 Å². The number of rotatable bonds is 5. The van der Waals surface area contributed by atoms with Gasteiger partial charge < -0.3 is 0 Å². The van der Waals surface area contributed by atoms with Crippen LogP contribution in [0.3, 0.4) is 0 Å². The van der Waals surface area contributed by atoms with Crippen LogP contribution in [-0.2, 0) is 6.54 Å². The van der Waals surface area contributed by atoms with E-state index in [1.807, 2.05) is 11.8 Å². The van der Waals surface area contributed by atoms with Crippen LogP contribution in [0.25, 0.3) is 0 Å². The molecular formula is C19H23NS. The van der Waals surface area contributed by atoms with Gasteiger partial charge in [0.25, 0.3) is 0 Å². The molecule has 0 aliphatic carbocycles. The normalized spacial score (nSPS) is 17.0. The van der Waals surface area contributed by atoms with Crippen LogP contribution in [0.2, 0.25) is 0 Å². The van der Waals surface area contributed by atoms with E-state index in [9.17, 15) is 0 Å². The molecule has 0 radical (unpaired) electrons.